The van der Waals surface area contributed by atoms with Gasteiger partial charge in [0.2, 0.25) is 0 Å². The van der Waals surface area contributed by atoms with E-state index < -0.39 is 0 Å². The third-order valence-electron chi connectivity index (χ3n) is 4.87. The molecule has 2 N–H and O–H groups in total. The molecule has 1 aromatic carbocycles. The van der Waals surface area contributed by atoms with Gasteiger partial charge in [0.15, 0.2) is 5.96 Å². The molecule has 0 bridgehead atoms. The third kappa shape index (κ3) is 6.05. The Hall–Kier alpha value is -1.90. The summed E-state index contributed by atoms with van der Waals surface area (Å²) in [6, 6.07) is 5.41. The molecule has 27 heavy (non-hydrogen) atoms. The summed E-state index contributed by atoms with van der Waals surface area (Å²) in [6.07, 6.45) is 0. The van der Waals surface area contributed by atoms with E-state index in [1.807, 2.05) is 17.0 Å². The summed E-state index contributed by atoms with van der Waals surface area (Å²) < 4.78 is 25.2. The molecular formula is C19H30FN5O2. The van der Waals surface area contributed by atoms with Gasteiger partial charge in [-0.3, -0.25) is 9.89 Å². The van der Waals surface area contributed by atoms with Crippen LogP contribution in [-0.2, 0) is 16.0 Å². The maximum absolute atomic E-state index is 14.5. The predicted octanol–water partition coefficient (Wildman–Crippen LogP) is 0.660. The lowest BCUT2D eigenvalue weighted by molar-refractivity contribution is 0.0389. The van der Waals surface area contributed by atoms with Crippen LogP contribution in [0.2, 0.25) is 0 Å². The summed E-state index contributed by atoms with van der Waals surface area (Å²) in [7, 11) is 1.74. The zero-order valence-corrected chi connectivity index (χ0v) is 16.0. The molecule has 3 rings (SSSR count). The number of nitrogens with zero attached hydrogens (tertiary/aromatic N) is 3. The normalized spacial score (nSPS) is 19.2. The van der Waals surface area contributed by atoms with Gasteiger partial charge in [-0.25, -0.2) is 4.39 Å². The molecule has 0 spiro atoms. The number of rotatable bonds is 6. The summed E-state index contributed by atoms with van der Waals surface area (Å²) in [6.45, 7) is 8.60. The average molecular weight is 379 g/mol. The minimum Gasteiger partial charge on any atom is -0.379 e. The molecule has 0 saturated carbocycles. The molecule has 2 fully saturated rings. The van der Waals surface area contributed by atoms with Gasteiger partial charge in [0.1, 0.15) is 5.82 Å². The summed E-state index contributed by atoms with van der Waals surface area (Å²) >= 11 is 0. The molecule has 1 aromatic rings. The number of guanidine groups is 1. The number of anilines is 1. The second-order valence-electron chi connectivity index (χ2n) is 6.69. The fraction of sp³-hybridized carbons (Fsp3) is 0.632. The minimum atomic E-state index is -0.188. The van der Waals surface area contributed by atoms with Crippen LogP contribution in [-0.4, -0.2) is 83.6 Å². The lowest BCUT2D eigenvalue weighted by atomic mass is 10.1. The largest absolute Gasteiger partial charge is 0.379 e. The standard InChI is InChI=1S/C19H30FN5O2/c1-21-19(22-4-5-24-6-10-26-11-7-24)23-15-16-2-3-18(17(20)14-16)25-8-12-27-13-9-25/h2-3,14H,4-13,15H2,1H3,(H2,21,22,23). The van der Waals surface area contributed by atoms with E-state index in [1.54, 1.807) is 13.1 Å². The summed E-state index contributed by atoms with van der Waals surface area (Å²) in [5, 5.41) is 6.55. The van der Waals surface area contributed by atoms with E-state index >= 15 is 0 Å². The first-order valence-electron chi connectivity index (χ1n) is 9.62. The number of aliphatic imine (C=N–C) groups is 1. The summed E-state index contributed by atoms with van der Waals surface area (Å²) in [5.74, 6) is 0.535. The van der Waals surface area contributed by atoms with Crippen molar-refractivity contribution in [3.8, 4) is 0 Å². The second kappa shape index (κ2) is 10.4. The van der Waals surface area contributed by atoms with Gasteiger partial charge < -0.3 is 25.0 Å². The molecule has 2 aliphatic heterocycles. The molecule has 0 aliphatic carbocycles. The molecule has 8 heteroatoms. The van der Waals surface area contributed by atoms with Crippen LogP contribution in [0.15, 0.2) is 23.2 Å². The monoisotopic (exact) mass is 379 g/mol. The van der Waals surface area contributed by atoms with Crippen molar-refractivity contribution in [1.82, 2.24) is 15.5 Å². The topological polar surface area (TPSA) is 61.4 Å². The van der Waals surface area contributed by atoms with Gasteiger partial charge in [-0.05, 0) is 17.7 Å². The molecule has 150 valence electrons. The van der Waals surface area contributed by atoms with E-state index in [9.17, 15) is 4.39 Å². The molecule has 0 amide bonds. The first-order valence-corrected chi connectivity index (χ1v) is 9.62. The highest BCUT2D eigenvalue weighted by Gasteiger charge is 2.15. The van der Waals surface area contributed by atoms with E-state index in [4.69, 9.17) is 9.47 Å². The maximum Gasteiger partial charge on any atom is 0.191 e. The zero-order valence-electron chi connectivity index (χ0n) is 16.0. The van der Waals surface area contributed by atoms with Gasteiger partial charge in [0.05, 0.1) is 32.1 Å². The van der Waals surface area contributed by atoms with Crippen molar-refractivity contribution in [2.45, 2.75) is 6.54 Å². The quantitative estimate of drug-likeness (QED) is 0.559. The SMILES string of the molecule is CN=C(NCCN1CCOCC1)NCc1ccc(N2CCOCC2)c(F)c1. The Kier molecular flexibility index (Phi) is 7.67. The summed E-state index contributed by atoms with van der Waals surface area (Å²) in [4.78, 5) is 8.63. The number of hydrogen-bond donors (Lipinski definition) is 2. The van der Waals surface area contributed by atoms with Crippen LogP contribution in [0.5, 0.6) is 0 Å². The molecule has 2 saturated heterocycles. The number of halogens is 1. The van der Waals surface area contributed by atoms with Crippen LogP contribution in [0.3, 0.4) is 0 Å². The molecule has 2 heterocycles. The average Bonchev–Trinajstić information content (AvgIpc) is 2.72. The van der Waals surface area contributed by atoms with Gasteiger partial charge in [-0.2, -0.15) is 0 Å². The predicted molar refractivity (Wildman–Crippen MR) is 105 cm³/mol. The fourth-order valence-corrected chi connectivity index (χ4v) is 3.28. The Morgan fingerprint density at radius 1 is 1.07 bits per heavy atom. The van der Waals surface area contributed by atoms with Crippen molar-refractivity contribution in [3.05, 3.63) is 29.6 Å². The molecule has 0 atom stereocenters. The van der Waals surface area contributed by atoms with Gasteiger partial charge in [-0.1, -0.05) is 6.07 Å². The van der Waals surface area contributed by atoms with Crippen LogP contribution in [0.1, 0.15) is 5.56 Å². The van der Waals surface area contributed by atoms with E-state index in [2.05, 4.69) is 20.5 Å². The number of morpholine rings is 2. The van der Waals surface area contributed by atoms with Crippen LogP contribution in [0.4, 0.5) is 10.1 Å². The van der Waals surface area contributed by atoms with Gasteiger partial charge in [0.25, 0.3) is 0 Å². The lowest BCUT2D eigenvalue weighted by Crippen LogP contribution is -2.44. The number of nitrogens with one attached hydrogen (secondary N) is 2. The van der Waals surface area contributed by atoms with Crippen LogP contribution >= 0.6 is 0 Å². The van der Waals surface area contributed by atoms with Crippen molar-refractivity contribution in [3.63, 3.8) is 0 Å². The van der Waals surface area contributed by atoms with E-state index in [-0.39, 0.29) is 5.82 Å². The van der Waals surface area contributed by atoms with Crippen molar-refractivity contribution in [2.75, 3.05) is 77.6 Å². The number of ether oxygens (including phenoxy) is 2. The van der Waals surface area contributed by atoms with Crippen molar-refractivity contribution >= 4 is 11.6 Å². The van der Waals surface area contributed by atoms with Crippen LogP contribution < -0.4 is 15.5 Å². The molecular weight excluding hydrogens is 349 g/mol. The van der Waals surface area contributed by atoms with Crippen LogP contribution in [0.25, 0.3) is 0 Å². The number of hydrogen-bond acceptors (Lipinski definition) is 5. The summed E-state index contributed by atoms with van der Waals surface area (Å²) in [5.41, 5.74) is 1.54. The minimum absolute atomic E-state index is 0.188. The Labute approximate surface area is 160 Å². The third-order valence-corrected chi connectivity index (χ3v) is 4.87. The van der Waals surface area contributed by atoms with Crippen molar-refractivity contribution < 1.29 is 13.9 Å². The van der Waals surface area contributed by atoms with E-state index in [1.165, 1.54) is 0 Å². The van der Waals surface area contributed by atoms with Crippen LogP contribution in [0, 0.1) is 5.82 Å². The molecule has 7 nitrogen and oxygen atoms in total. The number of benzene rings is 1. The lowest BCUT2D eigenvalue weighted by Gasteiger charge is -2.29. The Bertz CT molecular complexity index is 616. The smallest absolute Gasteiger partial charge is 0.191 e. The second-order valence-corrected chi connectivity index (χ2v) is 6.69. The Morgan fingerprint density at radius 3 is 2.44 bits per heavy atom. The van der Waals surface area contributed by atoms with Crippen molar-refractivity contribution in [1.29, 1.82) is 0 Å². The maximum atomic E-state index is 14.5. The zero-order chi connectivity index (χ0) is 18.9. The molecule has 0 aromatic heterocycles. The highest BCUT2D eigenvalue weighted by Crippen LogP contribution is 2.21. The highest BCUT2D eigenvalue weighted by atomic mass is 19.1. The highest BCUT2D eigenvalue weighted by molar-refractivity contribution is 5.79. The first kappa shape index (κ1) is 19.9. The van der Waals surface area contributed by atoms with Crippen molar-refractivity contribution in [2.24, 2.45) is 4.99 Å². The molecule has 2 aliphatic rings. The fourth-order valence-electron chi connectivity index (χ4n) is 3.28. The molecule has 0 radical (unpaired) electrons. The molecule has 0 unspecified atom stereocenters. The Morgan fingerprint density at radius 2 is 1.78 bits per heavy atom. The first-order chi connectivity index (χ1) is 13.3. The van der Waals surface area contributed by atoms with Gasteiger partial charge in [-0.15, -0.1) is 0 Å². The van der Waals surface area contributed by atoms with Gasteiger partial charge in [0, 0.05) is 52.9 Å². The van der Waals surface area contributed by atoms with E-state index in [0.29, 0.717) is 25.4 Å². The Balaban J connectivity index is 1.44. The van der Waals surface area contributed by atoms with Gasteiger partial charge >= 0.3 is 0 Å². The van der Waals surface area contributed by atoms with E-state index in [0.717, 1.165) is 64.0 Å².